The Balaban J connectivity index is 2.01. The molecule has 0 saturated carbocycles. The van der Waals surface area contributed by atoms with Crippen molar-refractivity contribution >= 4 is 29.8 Å². The van der Waals surface area contributed by atoms with Crippen molar-refractivity contribution in [3.05, 3.63) is 34.9 Å². The number of nitrogens with zero attached hydrogens (tertiary/aromatic N) is 1. The van der Waals surface area contributed by atoms with Crippen LogP contribution in [0.4, 0.5) is 4.79 Å². The molecule has 0 atom stereocenters. The molecule has 1 aliphatic rings. The van der Waals surface area contributed by atoms with Crippen LogP contribution in [0.2, 0.25) is 0 Å². The maximum atomic E-state index is 12.4. The first-order valence-corrected chi connectivity index (χ1v) is 8.53. The van der Waals surface area contributed by atoms with Gasteiger partial charge in [-0.3, -0.25) is 24.6 Å². The van der Waals surface area contributed by atoms with Crippen molar-refractivity contribution in [2.45, 2.75) is 26.7 Å². The van der Waals surface area contributed by atoms with Gasteiger partial charge in [-0.15, -0.1) is 0 Å². The number of carbonyl (C=O) groups excluding carboxylic acids is 5. The maximum Gasteiger partial charge on any atom is 0.413 e. The highest BCUT2D eigenvalue weighted by atomic mass is 16.6. The van der Waals surface area contributed by atoms with Crippen molar-refractivity contribution in [3.8, 4) is 0 Å². The second kappa shape index (κ2) is 8.93. The zero-order valence-electron chi connectivity index (χ0n) is 15.1. The standard InChI is InChI=1S/C18H20N2O7/c1-3-5-8-20-15(22)12-7-6-11(9-13(12)16(20)23)17(24)27-10-14(21)19-18(25)26-4-2/h6-7,9H,3-5,8,10H2,1-2H3,(H,19,21,25). The van der Waals surface area contributed by atoms with E-state index in [0.29, 0.717) is 13.0 Å². The van der Waals surface area contributed by atoms with Crippen LogP contribution in [-0.2, 0) is 14.3 Å². The van der Waals surface area contributed by atoms with Crippen molar-refractivity contribution in [2.24, 2.45) is 0 Å². The van der Waals surface area contributed by atoms with E-state index in [4.69, 9.17) is 4.74 Å². The van der Waals surface area contributed by atoms with Gasteiger partial charge < -0.3 is 9.47 Å². The van der Waals surface area contributed by atoms with Gasteiger partial charge in [0.1, 0.15) is 0 Å². The molecule has 144 valence electrons. The number of rotatable bonds is 7. The van der Waals surface area contributed by atoms with E-state index in [1.165, 1.54) is 18.2 Å². The van der Waals surface area contributed by atoms with Crippen LogP contribution in [-0.4, -0.2) is 54.4 Å². The summed E-state index contributed by atoms with van der Waals surface area (Å²) in [5.41, 5.74) is 0.380. The number of fused-ring (bicyclic) bond motifs is 1. The summed E-state index contributed by atoms with van der Waals surface area (Å²) in [6, 6.07) is 4.00. The Hall–Kier alpha value is -3.23. The number of hydrogen-bond acceptors (Lipinski definition) is 7. The Morgan fingerprint density at radius 1 is 1.04 bits per heavy atom. The Kier molecular flexibility index (Phi) is 6.64. The summed E-state index contributed by atoms with van der Waals surface area (Å²) < 4.78 is 9.34. The first-order chi connectivity index (χ1) is 12.9. The van der Waals surface area contributed by atoms with Gasteiger partial charge >= 0.3 is 12.1 Å². The molecule has 9 heteroatoms. The predicted octanol–water partition coefficient (Wildman–Crippen LogP) is 1.51. The lowest BCUT2D eigenvalue weighted by Crippen LogP contribution is -2.34. The highest BCUT2D eigenvalue weighted by molar-refractivity contribution is 6.22. The number of unbranched alkanes of at least 4 members (excludes halogenated alkanes) is 1. The van der Waals surface area contributed by atoms with Gasteiger partial charge in [-0.05, 0) is 31.5 Å². The van der Waals surface area contributed by atoms with E-state index >= 15 is 0 Å². The number of carbonyl (C=O) groups is 5. The average Bonchev–Trinajstić information content (AvgIpc) is 2.88. The molecule has 0 saturated heterocycles. The van der Waals surface area contributed by atoms with E-state index < -0.39 is 36.4 Å². The normalized spacial score (nSPS) is 12.6. The van der Waals surface area contributed by atoms with Crippen LogP contribution in [0, 0.1) is 0 Å². The van der Waals surface area contributed by atoms with Gasteiger partial charge in [0.25, 0.3) is 17.7 Å². The maximum absolute atomic E-state index is 12.4. The minimum absolute atomic E-state index is 0.0242. The van der Waals surface area contributed by atoms with Crippen LogP contribution in [0.15, 0.2) is 18.2 Å². The summed E-state index contributed by atoms with van der Waals surface area (Å²) in [5.74, 6) is -2.56. The first kappa shape index (κ1) is 20.1. The minimum atomic E-state index is -0.938. The molecule has 1 heterocycles. The third-order valence-electron chi connectivity index (χ3n) is 3.79. The predicted molar refractivity (Wildman–Crippen MR) is 92.2 cm³/mol. The molecule has 1 aliphatic heterocycles. The lowest BCUT2D eigenvalue weighted by Gasteiger charge is -2.12. The average molecular weight is 376 g/mol. The molecule has 1 aromatic carbocycles. The molecule has 1 aromatic rings. The minimum Gasteiger partial charge on any atom is -0.452 e. The monoisotopic (exact) mass is 376 g/mol. The zero-order chi connectivity index (χ0) is 20.0. The van der Waals surface area contributed by atoms with E-state index in [1.807, 2.05) is 12.2 Å². The fourth-order valence-corrected chi connectivity index (χ4v) is 2.47. The summed E-state index contributed by atoms with van der Waals surface area (Å²) in [6.07, 6.45) is 0.585. The van der Waals surface area contributed by atoms with Gasteiger partial charge in [0, 0.05) is 6.54 Å². The van der Waals surface area contributed by atoms with Crippen LogP contribution in [0.25, 0.3) is 0 Å². The number of ether oxygens (including phenoxy) is 2. The molecule has 0 aliphatic carbocycles. The second-order valence-electron chi connectivity index (χ2n) is 5.72. The number of imide groups is 2. The smallest absolute Gasteiger partial charge is 0.413 e. The molecule has 2 rings (SSSR count). The molecule has 0 radical (unpaired) electrons. The largest absolute Gasteiger partial charge is 0.452 e. The Morgan fingerprint density at radius 2 is 1.74 bits per heavy atom. The molecule has 9 nitrogen and oxygen atoms in total. The fourth-order valence-electron chi connectivity index (χ4n) is 2.47. The first-order valence-electron chi connectivity index (χ1n) is 8.53. The van der Waals surface area contributed by atoms with Crippen LogP contribution >= 0.6 is 0 Å². The van der Waals surface area contributed by atoms with Gasteiger partial charge in [-0.25, -0.2) is 9.59 Å². The van der Waals surface area contributed by atoms with E-state index in [9.17, 15) is 24.0 Å². The Labute approximate surface area is 155 Å². The molecular formula is C18H20N2O7. The van der Waals surface area contributed by atoms with Crippen molar-refractivity contribution in [1.82, 2.24) is 10.2 Å². The van der Waals surface area contributed by atoms with Crippen LogP contribution < -0.4 is 5.32 Å². The Bertz CT molecular complexity index is 788. The molecule has 0 aromatic heterocycles. The summed E-state index contributed by atoms with van der Waals surface area (Å²) >= 11 is 0. The summed E-state index contributed by atoms with van der Waals surface area (Å²) in [7, 11) is 0. The third kappa shape index (κ3) is 4.69. The summed E-state index contributed by atoms with van der Waals surface area (Å²) in [4.78, 5) is 60.4. The zero-order valence-corrected chi connectivity index (χ0v) is 15.1. The molecule has 0 fully saturated rings. The van der Waals surface area contributed by atoms with E-state index in [-0.39, 0.29) is 23.3 Å². The molecule has 0 bridgehead atoms. The summed E-state index contributed by atoms with van der Waals surface area (Å²) in [5, 5.41) is 1.88. The van der Waals surface area contributed by atoms with Gasteiger partial charge in [-0.2, -0.15) is 0 Å². The SMILES string of the molecule is CCCCN1C(=O)c2ccc(C(=O)OCC(=O)NC(=O)OCC)cc2C1=O. The number of esters is 1. The number of alkyl carbamates (subject to hydrolysis) is 1. The second-order valence-corrected chi connectivity index (χ2v) is 5.72. The molecule has 0 unspecified atom stereocenters. The molecule has 1 N–H and O–H groups in total. The van der Waals surface area contributed by atoms with Gasteiger partial charge in [-0.1, -0.05) is 13.3 Å². The molecule has 27 heavy (non-hydrogen) atoms. The number of amides is 4. The molecular weight excluding hydrogens is 356 g/mol. The van der Waals surface area contributed by atoms with Crippen LogP contribution in [0.5, 0.6) is 0 Å². The highest BCUT2D eigenvalue weighted by Gasteiger charge is 2.35. The Morgan fingerprint density at radius 3 is 2.41 bits per heavy atom. The quantitative estimate of drug-likeness (QED) is 0.566. The number of benzene rings is 1. The van der Waals surface area contributed by atoms with E-state index in [2.05, 4.69) is 4.74 Å². The fraction of sp³-hybridized carbons (Fsp3) is 0.389. The topological polar surface area (TPSA) is 119 Å². The lowest BCUT2D eigenvalue weighted by atomic mass is 10.1. The van der Waals surface area contributed by atoms with Crippen LogP contribution in [0.1, 0.15) is 57.8 Å². The highest BCUT2D eigenvalue weighted by Crippen LogP contribution is 2.24. The van der Waals surface area contributed by atoms with Crippen molar-refractivity contribution < 1.29 is 33.4 Å². The van der Waals surface area contributed by atoms with E-state index in [0.717, 1.165) is 11.3 Å². The van der Waals surface area contributed by atoms with E-state index in [1.54, 1.807) is 6.92 Å². The van der Waals surface area contributed by atoms with Gasteiger partial charge in [0.15, 0.2) is 6.61 Å². The van der Waals surface area contributed by atoms with Crippen molar-refractivity contribution in [1.29, 1.82) is 0 Å². The molecule has 4 amide bonds. The molecule has 0 spiro atoms. The van der Waals surface area contributed by atoms with Crippen molar-refractivity contribution in [3.63, 3.8) is 0 Å². The van der Waals surface area contributed by atoms with Crippen LogP contribution in [0.3, 0.4) is 0 Å². The lowest BCUT2D eigenvalue weighted by molar-refractivity contribution is -0.123. The van der Waals surface area contributed by atoms with Crippen molar-refractivity contribution in [2.75, 3.05) is 19.8 Å². The number of hydrogen-bond donors (Lipinski definition) is 1. The number of nitrogens with one attached hydrogen (secondary N) is 1. The van der Waals surface area contributed by atoms with Gasteiger partial charge in [0.2, 0.25) is 0 Å². The summed E-state index contributed by atoms with van der Waals surface area (Å²) in [6.45, 7) is 3.24. The van der Waals surface area contributed by atoms with Gasteiger partial charge in [0.05, 0.1) is 23.3 Å². The third-order valence-corrected chi connectivity index (χ3v) is 3.79.